The van der Waals surface area contributed by atoms with Crippen LogP contribution < -0.4 is 10.5 Å². The van der Waals surface area contributed by atoms with E-state index < -0.39 is 29.3 Å². The minimum Gasteiger partial charge on any atom is -0.497 e. The van der Waals surface area contributed by atoms with E-state index in [1.807, 2.05) is 0 Å². The number of nitrogens with two attached hydrogens (primary N) is 1. The smallest absolute Gasteiger partial charge is 0.416 e. The van der Waals surface area contributed by atoms with Gasteiger partial charge in [-0.15, -0.1) is 0 Å². The molecule has 2 N–H and O–H groups in total. The Balaban J connectivity index is 2.36. The molecule has 0 heterocycles. The molecule has 0 spiro atoms. The van der Waals surface area contributed by atoms with Crippen LogP contribution in [0.25, 0.3) is 0 Å². The zero-order valence-corrected chi connectivity index (χ0v) is 19.2. The summed E-state index contributed by atoms with van der Waals surface area (Å²) in [6.45, 7) is 5.31. The Morgan fingerprint density at radius 3 is 2.12 bits per heavy atom. The molecule has 0 aliphatic heterocycles. The number of hydrogen-bond donors (Lipinski definition) is 1. The van der Waals surface area contributed by atoms with Crippen LogP contribution in [0.3, 0.4) is 0 Å². The van der Waals surface area contributed by atoms with Crippen LogP contribution in [0.1, 0.15) is 49.4 Å². The summed E-state index contributed by atoms with van der Waals surface area (Å²) in [5.74, 6) is 0.108. The van der Waals surface area contributed by atoms with E-state index in [-0.39, 0.29) is 19.5 Å². The molecule has 2 aromatic carbocycles. The van der Waals surface area contributed by atoms with Crippen molar-refractivity contribution in [1.29, 1.82) is 0 Å². The van der Waals surface area contributed by atoms with Gasteiger partial charge in [-0.25, -0.2) is 4.79 Å². The zero-order valence-electron chi connectivity index (χ0n) is 19.2. The van der Waals surface area contributed by atoms with Crippen LogP contribution in [0.4, 0.5) is 18.0 Å². The molecular weight excluding hydrogens is 437 g/mol. The van der Waals surface area contributed by atoms with Crippen LogP contribution in [-0.2, 0) is 35.2 Å². The molecule has 0 radical (unpaired) electrons. The van der Waals surface area contributed by atoms with E-state index in [1.165, 1.54) is 24.1 Å². The Bertz CT molecular complexity index is 967. The van der Waals surface area contributed by atoms with Gasteiger partial charge in [0.15, 0.2) is 0 Å². The molecule has 0 aromatic heterocycles. The molecule has 33 heavy (non-hydrogen) atoms. The zero-order chi connectivity index (χ0) is 24.8. The van der Waals surface area contributed by atoms with Crippen molar-refractivity contribution in [3.63, 3.8) is 0 Å². The van der Waals surface area contributed by atoms with Gasteiger partial charge in [0.2, 0.25) is 5.91 Å². The molecule has 0 fully saturated rings. The Kier molecular flexibility index (Phi) is 8.35. The molecule has 2 rings (SSSR count). The molecule has 180 valence electrons. The maximum absolute atomic E-state index is 12.9. The van der Waals surface area contributed by atoms with Crippen LogP contribution in [0, 0.1) is 0 Å². The average Bonchev–Trinajstić information content (AvgIpc) is 2.70. The first-order valence-corrected chi connectivity index (χ1v) is 10.4. The van der Waals surface area contributed by atoms with Crippen molar-refractivity contribution < 1.29 is 32.2 Å². The van der Waals surface area contributed by atoms with E-state index in [2.05, 4.69) is 0 Å². The minimum atomic E-state index is -4.45. The third-order valence-electron chi connectivity index (χ3n) is 4.72. The van der Waals surface area contributed by atoms with E-state index in [0.29, 0.717) is 23.3 Å². The number of nitrogens with zero attached hydrogens (tertiary/aromatic N) is 1. The maximum atomic E-state index is 12.9. The fraction of sp³-hybridized carbons (Fsp3) is 0.417. The summed E-state index contributed by atoms with van der Waals surface area (Å²) in [6, 6.07) is 9.91. The van der Waals surface area contributed by atoms with Crippen molar-refractivity contribution in [3.8, 4) is 5.75 Å². The normalized spacial score (nSPS) is 11.7. The van der Waals surface area contributed by atoms with Gasteiger partial charge in [0.1, 0.15) is 11.4 Å². The molecule has 0 aliphatic carbocycles. The second-order valence-corrected chi connectivity index (χ2v) is 8.63. The first kappa shape index (κ1) is 26.0. The van der Waals surface area contributed by atoms with E-state index in [1.54, 1.807) is 39.0 Å². The Morgan fingerprint density at radius 2 is 1.61 bits per heavy atom. The quantitative estimate of drug-likeness (QED) is 0.589. The molecule has 2 amide bonds. The van der Waals surface area contributed by atoms with Crippen LogP contribution >= 0.6 is 0 Å². The van der Waals surface area contributed by atoms with Gasteiger partial charge in [-0.1, -0.05) is 18.2 Å². The van der Waals surface area contributed by atoms with Crippen molar-refractivity contribution in [2.75, 3.05) is 7.11 Å². The molecule has 2 aromatic rings. The molecule has 0 aliphatic rings. The third-order valence-corrected chi connectivity index (χ3v) is 4.72. The van der Waals surface area contributed by atoms with Gasteiger partial charge in [-0.3, -0.25) is 9.69 Å². The van der Waals surface area contributed by atoms with Crippen molar-refractivity contribution in [3.05, 3.63) is 64.7 Å². The monoisotopic (exact) mass is 466 g/mol. The number of aryl methyl sites for hydroxylation is 1. The maximum Gasteiger partial charge on any atom is 0.416 e. The lowest BCUT2D eigenvalue weighted by atomic mass is 10.0. The summed E-state index contributed by atoms with van der Waals surface area (Å²) in [7, 11) is 1.51. The fourth-order valence-corrected chi connectivity index (χ4v) is 3.11. The van der Waals surface area contributed by atoms with Gasteiger partial charge >= 0.3 is 12.3 Å². The molecular formula is C24H29F3N2O4. The number of alkyl halides is 3. The predicted molar refractivity (Wildman–Crippen MR) is 117 cm³/mol. The van der Waals surface area contributed by atoms with E-state index in [9.17, 15) is 22.8 Å². The van der Waals surface area contributed by atoms with E-state index in [0.717, 1.165) is 17.7 Å². The second-order valence-electron chi connectivity index (χ2n) is 8.63. The highest BCUT2D eigenvalue weighted by Crippen LogP contribution is 2.29. The molecule has 0 unspecified atom stereocenters. The Labute approximate surface area is 191 Å². The number of amides is 2. The standard InChI is InChI=1S/C24H29F3N2O4/c1-23(2,3)33-22(31)29(14-16-5-9-19(10-6-16)24(25,26)27)15-18-13-20(32-4)11-7-17(18)8-12-21(28)30/h5-7,9-11,13H,8,12,14-15H2,1-4H3,(H2,28,30). The molecule has 0 atom stereocenters. The molecule has 9 heteroatoms. The fourth-order valence-electron chi connectivity index (χ4n) is 3.11. The summed E-state index contributed by atoms with van der Waals surface area (Å²) < 4.78 is 49.5. The van der Waals surface area contributed by atoms with Crippen LogP contribution in [0.2, 0.25) is 0 Å². The van der Waals surface area contributed by atoms with Crippen LogP contribution in [0.5, 0.6) is 5.75 Å². The van der Waals surface area contributed by atoms with E-state index in [4.69, 9.17) is 15.2 Å². The van der Waals surface area contributed by atoms with Crippen LogP contribution in [-0.4, -0.2) is 29.6 Å². The highest BCUT2D eigenvalue weighted by Gasteiger charge is 2.30. The topological polar surface area (TPSA) is 81.9 Å². The Morgan fingerprint density at radius 1 is 0.970 bits per heavy atom. The summed E-state index contributed by atoms with van der Waals surface area (Å²) in [6.07, 6.45) is -4.56. The van der Waals surface area contributed by atoms with Gasteiger partial charge in [-0.05, 0) is 68.1 Å². The van der Waals surface area contributed by atoms with Gasteiger partial charge < -0.3 is 15.2 Å². The van der Waals surface area contributed by atoms with Crippen molar-refractivity contribution in [2.24, 2.45) is 5.73 Å². The summed E-state index contributed by atoms with van der Waals surface area (Å²) in [4.78, 5) is 25.6. The number of rotatable bonds is 8. The third kappa shape index (κ3) is 8.32. The summed E-state index contributed by atoms with van der Waals surface area (Å²) in [5.41, 5.74) is 5.78. The SMILES string of the molecule is COc1ccc(CCC(N)=O)c(CN(Cc2ccc(C(F)(F)F)cc2)C(=O)OC(C)(C)C)c1. The predicted octanol–water partition coefficient (Wildman–Crippen LogP) is 5.07. The lowest BCUT2D eigenvalue weighted by Crippen LogP contribution is -2.36. The number of benzene rings is 2. The summed E-state index contributed by atoms with van der Waals surface area (Å²) >= 11 is 0. The Hall–Kier alpha value is -3.23. The van der Waals surface area contributed by atoms with Crippen LogP contribution in [0.15, 0.2) is 42.5 Å². The average molecular weight is 467 g/mol. The molecule has 6 nitrogen and oxygen atoms in total. The minimum absolute atomic E-state index is 0.0273. The summed E-state index contributed by atoms with van der Waals surface area (Å²) in [5, 5.41) is 0. The number of methoxy groups -OCH3 is 1. The van der Waals surface area contributed by atoms with Gasteiger partial charge in [0, 0.05) is 19.5 Å². The molecule has 0 bridgehead atoms. The largest absolute Gasteiger partial charge is 0.497 e. The number of ether oxygens (including phenoxy) is 2. The number of carbonyl (C=O) groups excluding carboxylic acids is 2. The lowest BCUT2D eigenvalue weighted by molar-refractivity contribution is -0.137. The van der Waals surface area contributed by atoms with Crippen molar-refractivity contribution in [1.82, 2.24) is 4.90 Å². The number of primary amides is 1. The van der Waals surface area contributed by atoms with Gasteiger partial charge in [0.05, 0.1) is 12.7 Å². The number of carbonyl (C=O) groups is 2. The van der Waals surface area contributed by atoms with Crippen molar-refractivity contribution in [2.45, 2.75) is 58.5 Å². The highest BCUT2D eigenvalue weighted by atomic mass is 19.4. The number of halogens is 3. The first-order valence-electron chi connectivity index (χ1n) is 10.4. The van der Waals surface area contributed by atoms with Crippen molar-refractivity contribution >= 4 is 12.0 Å². The number of hydrogen-bond acceptors (Lipinski definition) is 4. The first-order chi connectivity index (χ1) is 15.3. The van der Waals surface area contributed by atoms with E-state index >= 15 is 0 Å². The highest BCUT2D eigenvalue weighted by molar-refractivity contribution is 5.74. The molecule has 0 saturated carbocycles. The van der Waals surface area contributed by atoms with Gasteiger partial charge in [-0.2, -0.15) is 13.2 Å². The molecule has 0 saturated heterocycles. The van der Waals surface area contributed by atoms with Gasteiger partial charge in [0.25, 0.3) is 0 Å². The lowest BCUT2D eigenvalue weighted by Gasteiger charge is -2.28. The second kappa shape index (κ2) is 10.6.